The number of unbranched alkanes of at least 4 members (excludes halogenated alkanes) is 2. The van der Waals surface area contributed by atoms with Gasteiger partial charge in [-0.15, -0.1) is 0 Å². The van der Waals surface area contributed by atoms with Gasteiger partial charge in [0, 0.05) is 17.0 Å². The zero-order valence-electron chi connectivity index (χ0n) is 14.9. The van der Waals surface area contributed by atoms with E-state index in [-0.39, 0.29) is 29.9 Å². The molecule has 1 aromatic carbocycles. The number of phenolic OH excluding ortho intramolecular Hbond substituents is 1. The quantitative estimate of drug-likeness (QED) is 0.490. The molecule has 3 nitrogen and oxygen atoms in total. The van der Waals surface area contributed by atoms with E-state index in [1.165, 1.54) is 0 Å². The number of allylic oxidation sites excluding steroid dienone is 3. The Morgan fingerprint density at radius 3 is 2.67 bits per heavy atom. The van der Waals surface area contributed by atoms with Gasteiger partial charge in [-0.05, 0) is 50.2 Å². The zero-order chi connectivity index (χ0) is 17.7. The number of hydrogen-bond donors (Lipinski definition) is 3. The Morgan fingerprint density at radius 1 is 1.29 bits per heavy atom. The van der Waals surface area contributed by atoms with Crippen LogP contribution in [0.4, 0.5) is 0 Å². The molecular weight excluding hydrogens is 300 g/mol. The molecule has 24 heavy (non-hydrogen) atoms. The third kappa shape index (κ3) is 3.84. The van der Waals surface area contributed by atoms with Crippen molar-refractivity contribution in [3.63, 3.8) is 0 Å². The van der Waals surface area contributed by atoms with Crippen LogP contribution in [0.1, 0.15) is 68.6 Å². The van der Waals surface area contributed by atoms with Crippen LogP contribution in [0.15, 0.2) is 30.4 Å². The van der Waals surface area contributed by atoms with Crippen molar-refractivity contribution < 1.29 is 15.3 Å². The lowest BCUT2D eigenvalue weighted by atomic mass is 9.75. The topological polar surface area (TPSA) is 60.7 Å². The van der Waals surface area contributed by atoms with Gasteiger partial charge in [-0.1, -0.05) is 44.1 Å². The average Bonchev–Trinajstić information content (AvgIpc) is 2.55. The van der Waals surface area contributed by atoms with E-state index < -0.39 is 0 Å². The minimum atomic E-state index is -0.214. The van der Waals surface area contributed by atoms with Gasteiger partial charge < -0.3 is 15.3 Å². The third-order valence-corrected chi connectivity index (χ3v) is 5.11. The Kier molecular flexibility index (Phi) is 6.50. The Labute approximate surface area is 145 Å². The van der Waals surface area contributed by atoms with Gasteiger partial charge in [-0.25, -0.2) is 0 Å². The molecule has 1 aliphatic carbocycles. The van der Waals surface area contributed by atoms with Crippen molar-refractivity contribution in [2.24, 2.45) is 5.92 Å². The van der Waals surface area contributed by atoms with E-state index in [2.05, 4.69) is 25.7 Å². The molecule has 1 aromatic rings. The van der Waals surface area contributed by atoms with Gasteiger partial charge in [-0.2, -0.15) is 0 Å². The number of rotatable bonds is 7. The van der Waals surface area contributed by atoms with Crippen molar-refractivity contribution in [1.29, 1.82) is 0 Å². The highest BCUT2D eigenvalue weighted by Gasteiger charge is 2.30. The van der Waals surface area contributed by atoms with E-state index in [4.69, 9.17) is 0 Å². The van der Waals surface area contributed by atoms with Crippen LogP contribution in [0, 0.1) is 5.92 Å². The molecule has 0 saturated heterocycles. The van der Waals surface area contributed by atoms with E-state index in [1.807, 2.05) is 6.92 Å². The summed E-state index contributed by atoms with van der Waals surface area (Å²) >= 11 is 0. The second kappa shape index (κ2) is 8.39. The predicted octanol–water partition coefficient (Wildman–Crippen LogP) is 4.95. The van der Waals surface area contributed by atoms with Crippen LogP contribution in [0.3, 0.4) is 0 Å². The van der Waals surface area contributed by atoms with Crippen molar-refractivity contribution in [2.75, 3.05) is 0 Å². The summed E-state index contributed by atoms with van der Waals surface area (Å²) in [6.45, 7) is 8.00. The highest BCUT2D eigenvalue weighted by Crippen LogP contribution is 2.46. The molecule has 0 fully saturated rings. The normalized spacial score (nSPS) is 20.3. The fraction of sp³-hybridized carbons (Fsp3) is 0.524. The second-order valence-electron chi connectivity index (χ2n) is 6.90. The highest BCUT2D eigenvalue weighted by molar-refractivity contribution is 5.56. The molecule has 0 heterocycles. The molecule has 2 rings (SSSR count). The summed E-state index contributed by atoms with van der Waals surface area (Å²) in [6.07, 6.45) is 10.0. The van der Waals surface area contributed by atoms with Gasteiger partial charge in [0.2, 0.25) is 0 Å². The Hall–Kier alpha value is -1.74. The van der Waals surface area contributed by atoms with E-state index >= 15 is 0 Å². The first-order chi connectivity index (χ1) is 11.5. The van der Waals surface area contributed by atoms with Gasteiger partial charge in [0.25, 0.3) is 0 Å². The molecule has 0 aliphatic heterocycles. The average molecular weight is 330 g/mol. The molecule has 3 N–H and O–H groups in total. The van der Waals surface area contributed by atoms with Crippen LogP contribution in [-0.2, 0) is 13.0 Å². The van der Waals surface area contributed by atoms with E-state index in [9.17, 15) is 15.3 Å². The van der Waals surface area contributed by atoms with Crippen LogP contribution >= 0.6 is 0 Å². The molecule has 1 aliphatic rings. The maximum Gasteiger partial charge on any atom is 0.128 e. The Bertz CT molecular complexity index is 616. The summed E-state index contributed by atoms with van der Waals surface area (Å²) < 4.78 is 0. The lowest BCUT2D eigenvalue weighted by Crippen LogP contribution is -2.16. The van der Waals surface area contributed by atoms with Crippen molar-refractivity contribution in [3.05, 3.63) is 47.1 Å². The predicted molar refractivity (Wildman–Crippen MR) is 98.3 cm³/mol. The molecule has 3 heteroatoms. The van der Waals surface area contributed by atoms with Gasteiger partial charge >= 0.3 is 0 Å². The summed E-state index contributed by atoms with van der Waals surface area (Å²) in [5, 5.41) is 31.1. The maximum atomic E-state index is 10.8. The highest BCUT2D eigenvalue weighted by atomic mass is 16.3. The number of aliphatic hydroxyl groups is 1. The zero-order valence-corrected chi connectivity index (χ0v) is 14.9. The minimum absolute atomic E-state index is 0.0480. The number of benzene rings is 1. The standard InChI is InChI=1S/C21H30O3/c1-4-5-6-9-15-12-19(23)20(21(24)18(15)13-22)17-11-8-7-10-16(17)14(2)3/h8,11-12,16-17,22-24H,2,4-7,9-10,13H2,1,3H3. The second-order valence-corrected chi connectivity index (χ2v) is 6.90. The molecule has 132 valence electrons. The summed E-state index contributed by atoms with van der Waals surface area (Å²) in [4.78, 5) is 0. The van der Waals surface area contributed by atoms with E-state index in [0.29, 0.717) is 11.1 Å². The fourth-order valence-corrected chi connectivity index (χ4v) is 3.74. The van der Waals surface area contributed by atoms with Gasteiger partial charge in [-0.3, -0.25) is 0 Å². The first kappa shape index (κ1) is 18.6. The molecule has 0 amide bonds. The minimum Gasteiger partial charge on any atom is -0.507 e. The molecule has 2 atom stereocenters. The SMILES string of the molecule is C=C(C)C1CCC=CC1c1c(O)cc(CCCCC)c(CO)c1O. The summed E-state index contributed by atoms with van der Waals surface area (Å²) in [6, 6.07) is 1.73. The van der Waals surface area contributed by atoms with E-state index in [0.717, 1.165) is 49.7 Å². The van der Waals surface area contributed by atoms with Gasteiger partial charge in [0.05, 0.1) is 6.61 Å². The lowest BCUT2D eigenvalue weighted by molar-refractivity contribution is 0.272. The third-order valence-electron chi connectivity index (χ3n) is 5.11. The Balaban J connectivity index is 2.45. The van der Waals surface area contributed by atoms with Crippen molar-refractivity contribution in [2.45, 2.75) is 64.9 Å². The molecule has 0 bridgehead atoms. The van der Waals surface area contributed by atoms with Crippen LogP contribution in [0.5, 0.6) is 11.5 Å². The molecule has 0 saturated carbocycles. The van der Waals surface area contributed by atoms with E-state index in [1.54, 1.807) is 6.07 Å². The van der Waals surface area contributed by atoms with Crippen LogP contribution in [0.25, 0.3) is 0 Å². The molecule has 0 radical (unpaired) electrons. The van der Waals surface area contributed by atoms with Crippen molar-refractivity contribution >= 4 is 0 Å². The summed E-state index contributed by atoms with van der Waals surface area (Å²) in [5.41, 5.74) is 2.98. The summed E-state index contributed by atoms with van der Waals surface area (Å²) in [7, 11) is 0. The molecular formula is C21H30O3. The van der Waals surface area contributed by atoms with Gasteiger partial charge in [0.15, 0.2) is 0 Å². The number of hydrogen-bond acceptors (Lipinski definition) is 3. The number of aryl methyl sites for hydroxylation is 1. The summed E-state index contributed by atoms with van der Waals surface area (Å²) in [5.74, 6) is 0.279. The van der Waals surface area contributed by atoms with Crippen molar-refractivity contribution in [3.8, 4) is 11.5 Å². The first-order valence-electron chi connectivity index (χ1n) is 9.00. The molecule has 2 unspecified atom stereocenters. The number of aromatic hydroxyl groups is 2. The smallest absolute Gasteiger partial charge is 0.128 e. The lowest BCUT2D eigenvalue weighted by Gasteiger charge is -2.30. The number of phenols is 2. The molecule has 0 spiro atoms. The Morgan fingerprint density at radius 2 is 2.04 bits per heavy atom. The molecule has 0 aromatic heterocycles. The van der Waals surface area contributed by atoms with Gasteiger partial charge in [0.1, 0.15) is 11.5 Å². The van der Waals surface area contributed by atoms with Crippen molar-refractivity contribution in [1.82, 2.24) is 0 Å². The van der Waals surface area contributed by atoms with Crippen LogP contribution in [-0.4, -0.2) is 15.3 Å². The van der Waals surface area contributed by atoms with Crippen LogP contribution < -0.4 is 0 Å². The monoisotopic (exact) mass is 330 g/mol. The fourth-order valence-electron chi connectivity index (χ4n) is 3.74. The maximum absolute atomic E-state index is 10.8. The first-order valence-corrected chi connectivity index (χ1v) is 9.00. The largest absolute Gasteiger partial charge is 0.507 e. The van der Waals surface area contributed by atoms with Crippen LogP contribution in [0.2, 0.25) is 0 Å². The number of aliphatic hydroxyl groups excluding tert-OH is 1.